The molecule has 1 aromatic carbocycles. The number of H-pyrrole nitrogens is 1. The standard InChI is InChI=1S/C13H14N2O3S/c1-10-2-4-11(5-3-10)8-15-19(17,18)12-6-7-13(16)14-9-12/h2-7,9,15H,8H2,1H3,(H,14,16). The molecule has 2 rings (SSSR count). The van der Waals surface area contributed by atoms with E-state index in [-0.39, 0.29) is 17.0 Å². The number of hydrogen-bond acceptors (Lipinski definition) is 3. The molecule has 0 saturated heterocycles. The lowest BCUT2D eigenvalue weighted by atomic mass is 10.2. The van der Waals surface area contributed by atoms with E-state index in [1.54, 1.807) is 0 Å². The zero-order valence-electron chi connectivity index (χ0n) is 10.4. The van der Waals surface area contributed by atoms with Crippen molar-refractivity contribution in [3.8, 4) is 0 Å². The van der Waals surface area contributed by atoms with E-state index in [4.69, 9.17) is 0 Å². The molecule has 2 aromatic rings. The molecule has 1 heterocycles. The number of aryl methyl sites for hydroxylation is 1. The van der Waals surface area contributed by atoms with Gasteiger partial charge in [-0.1, -0.05) is 29.8 Å². The van der Waals surface area contributed by atoms with Gasteiger partial charge in [0, 0.05) is 18.8 Å². The fraction of sp³-hybridized carbons (Fsp3) is 0.154. The normalized spacial score (nSPS) is 11.4. The fourth-order valence-electron chi connectivity index (χ4n) is 1.53. The second-order valence-electron chi connectivity index (χ2n) is 4.20. The van der Waals surface area contributed by atoms with Gasteiger partial charge in [-0.05, 0) is 18.6 Å². The maximum atomic E-state index is 12.0. The Hall–Kier alpha value is -1.92. The predicted octanol–water partition coefficient (Wildman–Crippen LogP) is 1.16. The minimum Gasteiger partial charge on any atom is -0.328 e. The first-order chi connectivity index (χ1) is 8.97. The van der Waals surface area contributed by atoms with Gasteiger partial charge in [-0.2, -0.15) is 0 Å². The largest absolute Gasteiger partial charge is 0.328 e. The molecule has 0 amide bonds. The van der Waals surface area contributed by atoms with Crippen molar-refractivity contribution in [2.45, 2.75) is 18.4 Å². The number of aromatic amines is 1. The van der Waals surface area contributed by atoms with Crippen LogP contribution in [-0.2, 0) is 16.6 Å². The molecule has 0 unspecified atom stereocenters. The predicted molar refractivity (Wildman–Crippen MR) is 72.3 cm³/mol. The van der Waals surface area contributed by atoms with Crippen molar-refractivity contribution in [1.82, 2.24) is 9.71 Å². The van der Waals surface area contributed by atoms with Crippen molar-refractivity contribution in [3.05, 3.63) is 64.1 Å². The zero-order valence-corrected chi connectivity index (χ0v) is 11.2. The van der Waals surface area contributed by atoms with Crippen molar-refractivity contribution in [2.75, 3.05) is 0 Å². The number of benzene rings is 1. The summed E-state index contributed by atoms with van der Waals surface area (Å²) in [4.78, 5) is 13.3. The van der Waals surface area contributed by atoms with E-state index in [0.717, 1.165) is 11.1 Å². The maximum Gasteiger partial charge on any atom is 0.247 e. The first-order valence-corrected chi connectivity index (χ1v) is 7.20. The number of hydrogen-bond donors (Lipinski definition) is 2. The molecule has 1 aromatic heterocycles. The summed E-state index contributed by atoms with van der Waals surface area (Å²) in [7, 11) is -3.61. The molecular weight excluding hydrogens is 264 g/mol. The number of pyridine rings is 1. The lowest BCUT2D eigenvalue weighted by Crippen LogP contribution is -2.24. The molecule has 0 aliphatic carbocycles. The minimum atomic E-state index is -3.61. The summed E-state index contributed by atoms with van der Waals surface area (Å²) < 4.78 is 26.4. The van der Waals surface area contributed by atoms with Gasteiger partial charge in [0.05, 0.1) is 4.90 Å². The van der Waals surface area contributed by atoms with Crippen molar-refractivity contribution >= 4 is 10.0 Å². The lowest BCUT2D eigenvalue weighted by Gasteiger charge is -2.06. The van der Waals surface area contributed by atoms with Crippen LogP contribution in [0.5, 0.6) is 0 Å². The molecule has 0 bridgehead atoms. The van der Waals surface area contributed by atoms with Gasteiger partial charge < -0.3 is 4.98 Å². The van der Waals surface area contributed by atoms with Crippen molar-refractivity contribution < 1.29 is 8.42 Å². The Morgan fingerprint density at radius 3 is 2.37 bits per heavy atom. The van der Waals surface area contributed by atoms with Gasteiger partial charge in [0.15, 0.2) is 0 Å². The first-order valence-electron chi connectivity index (χ1n) is 5.71. The van der Waals surface area contributed by atoms with Crippen LogP contribution in [0.15, 0.2) is 52.3 Å². The molecule has 5 nitrogen and oxygen atoms in total. The maximum absolute atomic E-state index is 12.0. The van der Waals surface area contributed by atoms with Crippen LogP contribution in [-0.4, -0.2) is 13.4 Å². The Morgan fingerprint density at radius 1 is 1.11 bits per heavy atom. The summed E-state index contributed by atoms with van der Waals surface area (Å²) in [6.45, 7) is 2.18. The van der Waals surface area contributed by atoms with E-state index >= 15 is 0 Å². The molecule has 6 heteroatoms. The Balaban J connectivity index is 2.11. The van der Waals surface area contributed by atoms with Crippen LogP contribution >= 0.6 is 0 Å². The molecule has 0 aliphatic heterocycles. The smallest absolute Gasteiger partial charge is 0.247 e. The van der Waals surface area contributed by atoms with Crippen molar-refractivity contribution in [1.29, 1.82) is 0 Å². The summed E-state index contributed by atoms with van der Waals surface area (Å²) >= 11 is 0. The molecule has 0 spiro atoms. The summed E-state index contributed by atoms with van der Waals surface area (Å²) in [5, 5.41) is 0. The number of sulfonamides is 1. The summed E-state index contributed by atoms with van der Waals surface area (Å²) in [6, 6.07) is 10.0. The number of aromatic nitrogens is 1. The summed E-state index contributed by atoms with van der Waals surface area (Å²) in [5.41, 5.74) is 1.66. The van der Waals surface area contributed by atoms with E-state index in [0.29, 0.717) is 0 Å². The third kappa shape index (κ3) is 3.52. The Bertz CT molecular complexity index is 698. The molecule has 0 aliphatic rings. The van der Waals surface area contributed by atoms with E-state index in [9.17, 15) is 13.2 Å². The van der Waals surface area contributed by atoms with E-state index in [1.807, 2.05) is 31.2 Å². The Kier molecular flexibility index (Phi) is 3.82. The topological polar surface area (TPSA) is 79.0 Å². The van der Waals surface area contributed by atoms with Crippen LogP contribution in [0.2, 0.25) is 0 Å². The highest BCUT2D eigenvalue weighted by Crippen LogP contribution is 2.07. The molecule has 0 atom stereocenters. The highest BCUT2D eigenvalue weighted by molar-refractivity contribution is 7.89. The van der Waals surface area contributed by atoms with Gasteiger partial charge in [0.1, 0.15) is 0 Å². The SMILES string of the molecule is Cc1ccc(CNS(=O)(=O)c2ccc(=O)[nH]c2)cc1. The quantitative estimate of drug-likeness (QED) is 0.881. The highest BCUT2D eigenvalue weighted by Gasteiger charge is 2.13. The van der Waals surface area contributed by atoms with Gasteiger partial charge in [0.2, 0.25) is 15.6 Å². The molecule has 0 fully saturated rings. The number of rotatable bonds is 4. The molecule has 19 heavy (non-hydrogen) atoms. The monoisotopic (exact) mass is 278 g/mol. The average Bonchev–Trinajstić information content (AvgIpc) is 2.39. The molecule has 0 saturated carbocycles. The summed E-state index contributed by atoms with van der Waals surface area (Å²) in [6.07, 6.45) is 1.18. The van der Waals surface area contributed by atoms with Gasteiger partial charge in [0.25, 0.3) is 0 Å². The second-order valence-corrected chi connectivity index (χ2v) is 5.97. The fourth-order valence-corrected chi connectivity index (χ4v) is 2.52. The van der Waals surface area contributed by atoms with Crippen molar-refractivity contribution in [2.24, 2.45) is 0 Å². The highest BCUT2D eigenvalue weighted by atomic mass is 32.2. The third-order valence-electron chi connectivity index (χ3n) is 2.65. The minimum absolute atomic E-state index is 0.0409. The number of nitrogens with one attached hydrogen (secondary N) is 2. The van der Waals surface area contributed by atoms with E-state index in [2.05, 4.69) is 9.71 Å². The van der Waals surface area contributed by atoms with Crippen LogP contribution in [0, 0.1) is 6.92 Å². The van der Waals surface area contributed by atoms with Gasteiger partial charge >= 0.3 is 0 Å². The van der Waals surface area contributed by atoms with Crippen molar-refractivity contribution in [3.63, 3.8) is 0 Å². The molecular formula is C13H14N2O3S. The molecule has 100 valence electrons. The van der Waals surface area contributed by atoms with Gasteiger partial charge in [-0.15, -0.1) is 0 Å². The molecule has 0 radical (unpaired) electrons. The van der Waals surface area contributed by atoms with E-state index in [1.165, 1.54) is 18.3 Å². The van der Waals surface area contributed by atoms with Gasteiger partial charge in [-0.25, -0.2) is 13.1 Å². The van der Waals surface area contributed by atoms with E-state index < -0.39 is 10.0 Å². The first kappa shape index (κ1) is 13.5. The lowest BCUT2D eigenvalue weighted by molar-refractivity contribution is 0.581. The van der Waals surface area contributed by atoms with Crippen LogP contribution < -0.4 is 10.3 Å². The Labute approximate surface area is 111 Å². The van der Waals surface area contributed by atoms with Crippen LogP contribution in [0.1, 0.15) is 11.1 Å². The molecule has 2 N–H and O–H groups in total. The average molecular weight is 278 g/mol. The Morgan fingerprint density at radius 2 is 1.79 bits per heavy atom. The second kappa shape index (κ2) is 5.38. The third-order valence-corrected chi connectivity index (χ3v) is 4.05. The summed E-state index contributed by atoms with van der Waals surface area (Å²) in [5.74, 6) is 0. The van der Waals surface area contributed by atoms with Gasteiger partial charge in [-0.3, -0.25) is 4.79 Å². The zero-order chi connectivity index (χ0) is 13.9. The van der Waals surface area contributed by atoms with Crippen LogP contribution in [0.25, 0.3) is 0 Å². The van der Waals surface area contributed by atoms with Crippen LogP contribution in [0.3, 0.4) is 0 Å². The van der Waals surface area contributed by atoms with Crippen LogP contribution in [0.4, 0.5) is 0 Å².